The number of nitrogens with two attached hydrogens (primary N) is 1. The number of ether oxygens (including phenoxy) is 2. The monoisotopic (exact) mass is 462 g/mol. The second kappa shape index (κ2) is 8.02. The Balaban J connectivity index is 1.44. The van der Waals surface area contributed by atoms with Crippen LogP contribution in [0.5, 0.6) is 5.88 Å². The van der Waals surface area contributed by atoms with Crippen LogP contribution in [0.3, 0.4) is 0 Å². The molecule has 10 heteroatoms. The van der Waals surface area contributed by atoms with E-state index in [-0.39, 0.29) is 23.2 Å². The van der Waals surface area contributed by atoms with Crippen molar-refractivity contribution in [3.63, 3.8) is 0 Å². The number of pyridine rings is 2. The molecule has 2 aromatic heterocycles. The number of carbonyl (C=O) groups excluding carboxylic acids is 1. The van der Waals surface area contributed by atoms with Crippen molar-refractivity contribution in [2.45, 2.75) is 32.8 Å². The first kappa shape index (κ1) is 21.7. The summed E-state index contributed by atoms with van der Waals surface area (Å²) >= 11 is 0. The highest BCUT2D eigenvalue weighted by molar-refractivity contribution is 5.99. The van der Waals surface area contributed by atoms with Gasteiger partial charge in [-0.25, -0.2) is 19.2 Å². The van der Waals surface area contributed by atoms with Crippen molar-refractivity contribution in [3.8, 4) is 23.1 Å². The third kappa shape index (κ3) is 3.69. The van der Waals surface area contributed by atoms with Crippen LogP contribution in [0.4, 0.5) is 26.4 Å². The number of fused-ring (bicyclic) bond motifs is 2. The Morgan fingerprint density at radius 3 is 2.91 bits per heavy atom. The number of hydrogen-bond donors (Lipinski definition) is 3. The van der Waals surface area contributed by atoms with Crippen LogP contribution in [0.25, 0.3) is 21.9 Å². The highest BCUT2D eigenvalue weighted by atomic mass is 19.1. The van der Waals surface area contributed by atoms with E-state index in [1.54, 1.807) is 18.3 Å². The van der Waals surface area contributed by atoms with Crippen LogP contribution >= 0.6 is 0 Å². The number of carbonyl (C=O) groups is 1. The summed E-state index contributed by atoms with van der Waals surface area (Å²) in [5.74, 6) is 0.158. The van der Waals surface area contributed by atoms with Gasteiger partial charge in [-0.1, -0.05) is 0 Å². The van der Waals surface area contributed by atoms with Gasteiger partial charge in [0.15, 0.2) is 5.82 Å². The average Bonchev–Trinajstić information content (AvgIpc) is 2.81. The zero-order valence-electron chi connectivity index (χ0n) is 18.7. The average molecular weight is 462 g/mol. The molecule has 0 atom stereocenters. The fraction of sp³-hybridized carbons (Fsp3) is 0.333. The van der Waals surface area contributed by atoms with Crippen LogP contribution < -0.4 is 21.1 Å². The molecule has 0 saturated heterocycles. The van der Waals surface area contributed by atoms with E-state index in [9.17, 15) is 4.79 Å². The first-order chi connectivity index (χ1) is 16.3. The third-order valence-corrected chi connectivity index (χ3v) is 6.37. The SMILES string of the molecule is Cc1c(-c2cc3cc(NC(=O)O[C@H]4C[C@](C)(C#N)C4)ncc3c(N)c2F)cnc2c1NCCO2. The van der Waals surface area contributed by atoms with Crippen LogP contribution in [-0.2, 0) is 4.74 Å². The zero-order chi connectivity index (χ0) is 24.0. The van der Waals surface area contributed by atoms with Crippen LogP contribution in [0.2, 0.25) is 0 Å². The maximum atomic E-state index is 15.3. The molecule has 1 aliphatic heterocycles. The molecule has 1 fully saturated rings. The van der Waals surface area contributed by atoms with Crippen LogP contribution in [0.1, 0.15) is 25.3 Å². The van der Waals surface area contributed by atoms with E-state index in [1.165, 1.54) is 6.20 Å². The van der Waals surface area contributed by atoms with Crippen molar-refractivity contribution in [2.75, 3.05) is 29.5 Å². The molecule has 1 amide bonds. The fourth-order valence-corrected chi connectivity index (χ4v) is 4.46. The van der Waals surface area contributed by atoms with Gasteiger partial charge in [-0.15, -0.1) is 0 Å². The lowest BCUT2D eigenvalue weighted by Gasteiger charge is -2.38. The Morgan fingerprint density at radius 2 is 2.15 bits per heavy atom. The molecule has 1 aromatic carbocycles. The topological polar surface area (TPSA) is 135 Å². The van der Waals surface area contributed by atoms with Crippen molar-refractivity contribution in [3.05, 3.63) is 35.9 Å². The first-order valence-corrected chi connectivity index (χ1v) is 10.9. The minimum absolute atomic E-state index is 0.0410. The molecule has 4 N–H and O–H groups in total. The summed E-state index contributed by atoms with van der Waals surface area (Å²) in [7, 11) is 0. The Labute approximate surface area is 195 Å². The Hall–Kier alpha value is -4.13. The molecule has 1 saturated carbocycles. The lowest BCUT2D eigenvalue weighted by molar-refractivity contribution is 0.00137. The van der Waals surface area contributed by atoms with Gasteiger partial charge in [0.1, 0.15) is 24.2 Å². The van der Waals surface area contributed by atoms with Gasteiger partial charge in [-0.05, 0) is 36.9 Å². The first-order valence-electron chi connectivity index (χ1n) is 10.9. The molecule has 0 radical (unpaired) electrons. The number of nitrogens with zero attached hydrogens (tertiary/aromatic N) is 3. The standard InChI is InChI=1S/C24H23FN6O3/c1-12-16(9-30-22-21(12)28-3-4-33-22)15-5-13-6-18(29-10-17(13)20(27)19(15)25)31-23(32)34-14-7-24(2,8-14)11-26/h5-6,9-10,14,28H,3-4,7-8,27H2,1-2H3,(H,29,31,32)/t14-,24-. The highest BCUT2D eigenvalue weighted by Gasteiger charge is 2.43. The molecule has 2 aliphatic rings. The minimum Gasteiger partial charge on any atom is -0.474 e. The van der Waals surface area contributed by atoms with E-state index in [4.69, 9.17) is 20.5 Å². The number of nitrogen functional groups attached to an aromatic ring is 1. The summed E-state index contributed by atoms with van der Waals surface area (Å²) in [5, 5.41) is 16.0. The molecule has 3 aromatic rings. The summed E-state index contributed by atoms with van der Waals surface area (Å²) in [6, 6.07) is 5.48. The van der Waals surface area contributed by atoms with Gasteiger partial charge in [0.2, 0.25) is 5.88 Å². The second-order valence-electron chi connectivity index (χ2n) is 8.93. The predicted octanol–water partition coefficient (Wildman–Crippen LogP) is 4.37. The van der Waals surface area contributed by atoms with Crippen molar-refractivity contribution in [1.29, 1.82) is 5.26 Å². The van der Waals surface area contributed by atoms with Gasteiger partial charge in [-0.3, -0.25) is 5.32 Å². The van der Waals surface area contributed by atoms with E-state index < -0.39 is 17.3 Å². The molecule has 0 unspecified atom stereocenters. The molecule has 3 heterocycles. The molecule has 34 heavy (non-hydrogen) atoms. The fourth-order valence-electron chi connectivity index (χ4n) is 4.46. The number of anilines is 3. The summed E-state index contributed by atoms with van der Waals surface area (Å²) in [5.41, 5.74) is 8.01. The zero-order valence-corrected chi connectivity index (χ0v) is 18.7. The smallest absolute Gasteiger partial charge is 0.413 e. The highest BCUT2D eigenvalue weighted by Crippen LogP contribution is 2.42. The molecule has 0 bridgehead atoms. The van der Waals surface area contributed by atoms with E-state index in [0.29, 0.717) is 48.2 Å². The normalized spacial score (nSPS) is 20.8. The van der Waals surface area contributed by atoms with E-state index >= 15 is 4.39 Å². The van der Waals surface area contributed by atoms with E-state index in [2.05, 4.69) is 26.7 Å². The van der Waals surface area contributed by atoms with Gasteiger partial charge < -0.3 is 20.5 Å². The Bertz CT molecular complexity index is 1360. The largest absolute Gasteiger partial charge is 0.474 e. The van der Waals surface area contributed by atoms with Crippen molar-refractivity contribution < 1.29 is 18.7 Å². The van der Waals surface area contributed by atoms with E-state index in [0.717, 1.165) is 11.3 Å². The lowest BCUT2D eigenvalue weighted by Crippen LogP contribution is -2.41. The molecule has 0 spiro atoms. The molecular formula is C24H23FN6O3. The van der Waals surface area contributed by atoms with Crippen LogP contribution in [0, 0.1) is 29.5 Å². The molecule has 5 rings (SSSR count). The number of benzene rings is 1. The van der Waals surface area contributed by atoms with Gasteiger partial charge >= 0.3 is 6.09 Å². The predicted molar refractivity (Wildman–Crippen MR) is 125 cm³/mol. The maximum absolute atomic E-state index is 15.3. The van der Waals surface area contributed by atoms with Crippen LogP contribution in [-0.4, -0.2) is 35.3 Å². The molecule has 9 nitrogen and oxygen atoms in total. The van der Waals surface area contributed by atoms with Crippen LogP contribution in [0.15, 0.2) is 24.5 Å². The van der Waals surface area contributed by atoms with Gasteiger partial charge in [0.25, 0.3) is 0 Å². The lowest BCUT2D eigenvalue weighted by atomic mass is 9.69. The molecule has 1 aliphatic carbocycles. The number of amides is 1. The summed E-state index contributed by atoms with van der Waals surface area (Å²) in [4.78, 5) is 20.8. The van der Waals surface area contributed by atoms with Crippen molar-refractivity contribution in [1.82, 2.24) is 9.97 Å². The van der Waals surface area contributed by atoms with Gasteiger partial charge in [-0.2, -0.15) is 5.26 Å². The Kier molecular flexibility index (Phi) is 5.12. The van der Waals surface area contributed by atoms with Crippen molar-refractivity contribution in [2.24, 2.45) is 5.41 Å². The number of nitrogens with one attached hydrogen (secondary N) is 2. The van der Waals surface area contributed by atoms with E-state index in [1.807, 2.05) is 13.8 Å². The number of aromatic nitrogens is 2. The second-order valence-corrected chi connectivity index (χ2v) is 8.93. The summed E-state index contributed by atoms with van der Waals surface area (Å²) < 4.78 is 26.2. The Morgan fingerprint density at radius 1 is 1.35 bits per heavy atom. The quantitative estimate of drug-likeness (QED) is 0.488. The summed E-state index contributed by atoms with van der Waals surface area (Å²) in [6.07, 6.45) is 3.00. The number of halogens is 1. The number of hydrogen-bond acceptors (Lipinski definition) is 8. The van der Waals surface area contributed by atoms with Crippen molar-refractivity contribution >= 4 is 34.1 Å². The maximum Gasteiger partial charge on any atom is 0.413 e. The molecule has 174 valence electrons. The molecular weight excluding hydrogens is 439 g/mol. The summed E-state index contributed by atoms with van der Waals surface area (Å²) in [6.45, 7) is 4.85. The number of rotatable bonds is 3. The third-order valence-electron chi connectivity index (χ3n) is 6.37. The number of nitriles is 1. The van der Waals surface area contributed by atoms with Gasteiger partial charge in [0, 0.05) is 48.3 Å². The minimum atomic E-state index is -0.659. The van der Waals surface area contributed by atoms with Gasteiger partial charge in [0.05, 0.1) is 17.2 Å².